The van der Waals surface area contributed by atoms with E-state index >= 15 is 0 Å². The van der Waals surface area contributed by atoms with Gasteiger partial charge in [0.2, 0.25) is 0 Å². The van der Waals surface area contributed by atoms with Gasteiger partial charge in [0.25, 0.3) is 0 Å². The van der Waals surface area contributed by atoms with E-state index in [0.717, 1.165) is 32.7 Å². The van der Waals surface area contributed by atoms with Crippen molar-refractivity contribution in [1.82, 2.24) is 9.80 Å². The Labute approximate surface area is 188 Å². The first-order valence-corrected chi connectivity index (χ1v) is 11.2. The van der Waals surface area contributed by atoms with E-state index in [1.54, 1.807) is 12.1 Å². The van der Waals surface area contributed by atoms with Crippen molar-refractivity contribution in [3.63, 3.8) is 0 Å². The number of benzene rings is 3. The Hall–Kier alpha value is -2.63. The molecule has 2 nitrogen and oxygen atoms in total. The van der Waals surface area contributed by atoms with E-state index in [9.17, 15) is 13.2 Å². The van der Waals surface area contributed by atoms with Crippen LogP contribution in [0, 0.1) is 0 Å². The Morgan fingerprint density at radius 1 is 0.719 bits per heavy atom. The number of halogens is 3. The van der Waals surface area contributed by atoms with Crippen LogP contribution in [-0.2, 0) is 25.7 Å². The lowest BCUT2D eigenvalue weighted by Crippen LogP contribution is -2.52. The van der Waals surface area contributed by atoms with Crippen LogP contribution in [0.25, 0.3) is 0 Å². The summed E-state index contributed by atoms with van der Waals surface area (Å²) in [4.78, 5) is 4.87. The molecular formula is C27H29F3N2. The van der Waals surface area contributed by atoms with Crippen LogP contribution in [0.5, 0.6) is 0 Å². The summed E-state index contributed by atoms with van der Waals surface area (Å²) in [6.45, 7) is 4.42. The van der Waals surface area contributed by atoms with Crippen molar-refractivity contribution < 1.29 is 13.2 Å². The third kappa shape index (κ3) is 5.99. The molecule has 3 aromatic rings. The molecule has 0 N–H and O–H groups in total. The number of hydrogen-bond donors (Lipinski definition) is 0. The molecule has 0 unspecified atom stereocenters. The van der Waals surface area contributed by atoms with E-state index < -0.39 is 11.7 Å². The van der Waals surface area contributed by atoms with Gasteiger partial charge in [-0.3, -0.25) is 9.80 Å². The molecule has 5 heteroatoms. The molecule has 32 heavy (non-hydrogen) atoms. The highest BCUT2D eigenvalue weighted by molar-refractivity contribution is 5.30. The summed E-state index contributed by atoms with van der Waals surface area (Å²) in [5, 5.41) is 0. The first-order chi connectivity index (χ1) is 15.5. The average molecular weight is 439 g/mol. The summed E-state index contributed by atoms with van der Waals surface area (Å²) in [6, 6.07) is 26.9. The summed E-state index contributed by atoms with van der Waals surface area (Å²) in [5.41, 5.74) is 2.39. The van der Waals surface area contributed by atoms with Gasteiger partial charge in [-0.15, -0.1) is 0 Å². The molecule has 0 bridgehead atoms. The van der Waals surface area contributed by atoms with E-state index in [0.29, 0.717) is 18.4 Å². The molecule has 0 amide bonds. The minimum absolute atomic E-state index is 0.203. The second-order valence-corrected chi connectivity index (χ2v) is 8.52. The van der Waals surface area contributed by atoms with Crippen molar-refractivity contribution in [3.8, 4) is 0 Å². The normalized spacial score (nSPS) is 18.0. The molecule has 0 aliphatic carbocycles. The second kappa shape index (κ2) is 10.3. The summed E-state index contributed by atoms with van der Waals surface area (Å²) in [5.74, 6) is 0. The minimum Gasteiger partial charge on any atom is -0.296 e. The van der Waals surface area contributed by atoms with Crippen molar-refractivity contribution in [3.05, 3.63) is 107 Å². The van der Waals surface area contributed by atoms with E-state index in [-0.39, 0.29) is 6.04 Å². The molecule has 168 valence electrons. The van der Waals surface area contributed by atoms with Crippen LogP contribution in [0.1, 0.15) is 28.7 Å². The largest absolute Gasteiger partial charge is 0.416 e. The molecule has 1 aliphatic heterocycles. The van der Waals surface area contributed by atoms with Gasteiger partial charge in [0.05, 0.1) is 5.56 Å². The van der Waals surface area contributed by atoms with Gasteiger partial charge in [0, 0.05) is 38.8 Å². The highest BCUT2D eigenvalue weighted by Gasteiger charge is 2.33. The highest BCUT2D eigenvalue weighted by Crippen LogP contribution is 2.33. The van der Waals surface area contributed by atoms with Crippen molar-refractivity contribution in [1.29, 1.82) is 0 Å². The summed E-state index contributed by atoms with van der Waals surface area (Å²) in [6.07, 6.45) is -3.19. The molecule has 0 radical (unpaired) electrons. The van der Waals surface area contributed by atoms with Gasteiger partial charge in [-0.25, -0.2) is 0 Å². The molecule has 4 rings (SSSR count). The Morgan fingerprint density at radius 3 is 1.97 bits per heavy atom. The lowest BCUT2D eigenvalue weighted by molar-refractivity contribution is -0.138. The fourth-order valence-electron chi connectivity index (χ4n) is 4.58. The van der Waals surface area contributed by atoms with Gasteiger partial charge in [0.1, 0.15) is 0 Å². The van der Waals surface area contributed by atoms with Crippen LogP contribution in [0.4, 0.5) is 13.2 Å². The summed E-state index contributed by atoms with van der Waals surface area (Å²) in [7, 11) is 0. The number of rotatable bonds is 7. The van der Waals surface area contributed by atoms with E-state index in [1.165, 1.54) is 23.3 Å². The van der Waals surface area contributed by atoms with Crippen LogP contribution < -0.4 is 0 Å². The molecule has 0 aromatic heterocycles. The van der Waals surface area contributed by atoms with Gasteiger partial charge in [-0.05, 0) is 35.6 Å². The first kappa shape index (κ1) is 22.6. The van der Waals surface area contributed by atoms with E-state index in [2.05, 4.69) is 34.1 Å². The molecule has 1 fully saturated rings. The SMILES string of the molecule is FC(F)(F)c1ccccc1CC[C@H]1CN(Cc2ccccc2)CCN1Cc1ccccc1. The maximum atomic E-state index is 13.5. The predicted octanol–water partition coefficient (Wildman–Crippen LogP) is 6.02. The third-order valence-corrected chi connectivity index (χ3v) is 6.24. The van der Waals surface area contributed by atoms with Crippen LogP contribution >= 0.6 is 0 Å². The van der Waals surface area contributed by atoms with Crippen molar-refractivity contribution >= 4 is 0 Å². The molecular weight excluding hydrogens is 409 g/mol. The van der Waals surface area contributed by atoms with Crippen molar-refractivity contribution in [2.45, 2.75) is 38.1 Å². The fourth-order valence-corrected chi connectivity index (χ4v) is 4.58. The highest BCUT2D eigenvalue weighted by atomic mass is 19.4. The molecule has 3 aromatic carbocycles. The maximum absolute atomic E-state index is 13.5. The molecule has 1 atom stereocenters. The van der Waals surface area contributed by atoms with Crippen LogP contribution in [0.2, 0.25) is 0 Å². The third-order valence-electron chi connectivity index (χ3n) is 6.24. The lowest BCUT2D eigenvalue weighted by atomic mass is 9.97. The number of hydrogen-bond acceptors (Lipinski definition) is 2. The molecule has 0 spiro atoms. The smallest absolute Gasteiger partial charge is 0.296 e. The monoisotopic (exact) mass is 438 g/mol. The average Bonchev–Trinajstić information content (AvgIpc) is 2.80. The van der Waals surface area contributed by atoms with Gasteiger partial charge in [-0.2, -0.15) is 13.2 Å². The lowest BCUT2D eigenvalue weighted by Gasteiger charge is -2.42. The summed E-state index contributed by atoms with van der Waals surface area (Å²) >= 11 is 0. The molecule has 0 saturated carbocycles. The van der Waals surface area contributed by atoms with Gasteiger partial charge >= 0.3 is 6.18 Å². The molecule has 1 saturated heterocycles. The predicted molar refractivity (Wildman–Crippen MR) is 122 cm³/mol. The Morgan fingerprint density at radius 2 is 1.31 bits per heavy atom. The Bertz CT molecular complexity index is 973. The van der Waals surface area contributed by atoms with Crippen LogP contribution in [0.3, 0.4) is 0 Å². The van der Waals surface area contributed by atoms with Gasteiger partial charge in [-0.1, -0.05) is 78.9 Å². The maximum Gasteiger partial charge on any atom is 0.416 e. The first-order valence-electron chi connectivity index (χ1n) is 11.2. The van der Waals surface area contributed by atoms with Gasteiger partial charge < -0.3 is 0 Å². The molecule has 1 aliphatic rings. The van der Waals surface area contributed by atoms with Gasteiger partial charge in [0.15, 0.2) is 0 Å². The zero-order chi connectivity index (χ0) is 22.4. The number of piperazine rings is 1. The summed E-state index contributed by atoms with van der Waals surface area (Å²) < 4.78 is 40.4. The minimum atomic E-state index is -4.31. The van der Waals surface area contributed by atoms with Crippen molar-refractivity contribution in [2.24, 2.45) is 0 Å². The molecule has 1 heterocycles. The zero-order valence-corrected chi connectivity index (χ0v) is 18.1. The number of nitrogens with zero attached hydrogens (tertiary/aromatic N) is 2. The standard InChI is InChI=1S/C27H29F3N2/c28-27(29,30)26-14-8-7-13-24(26)15-16-25-21-31(19-22-9-3-1-4-10-22)17-18-32(25)20-23-11-5-2-6-12-23/h1-14,25H,15-21H2/t25-/m0/s1. The number of aryl methyl sites for hydroxylation is 1. The van der Waals surface area contributed by atoms with E-state index in [1.807, 2.05) is 36.4 Å². The quantitative estimate of drug-likeness (QED) is 0.445. The van der Waals surface area contributed by atoms with Crippen molar-refractivity contribution in [2.75, 3.05) is 19.6 Å². The second-order valence-electron chi connectivity index (χ2n) is 8.52. The van der Waals surface area contributed by atoms with Crippen LogP contribution in [0.15, 0.2) is 84.9 Å². The topological polar surface area (TPSA) is 6.48 Å². The fraction of sp³-hybridized carbons (Fsp3) is 0.333. The number of alkyl halides is 3. The van der Waals surface area contributed by atoms with E-state index in [4.69, 9.17) is 0 Å². The Kier molecular flexibility index (Phi) is 7.28. The van der Waals surface area contributed by atoms with Crippen LogP contribution in [-0.4, -0.2) is 35.5 Å². The Balaban J connectivity index is 1.48. The zero-order valence-electron chi connectivity index (χ0n) is 18.1.